The standard InChI is InChI=1S/C11H18.2C5H5.Ti/c1-3-11-9-7-5-4-6-8-10(11)2;2*1-2-4-5-3-1;/h10H,2,4-9H2,1H3;2*1-5H;/q-2;;;+2. The molecule has 1 unspecified atom stereocenters. The van der Waals surface area contributed by atoms with Crippen molar-refractivity contribution in [2.24, 2.45) is 5.92 Å². The van der Waals surface area contributed by atoms with E-state index in [0.29, 0.717) is 5.92 Å². The van der Waals surface area contributed by atoms with Crippen LogP contribution in [0.5, 0.6) is 0 Å². The van der Waals surface area contributed by atoms with Crippen LogP contribution >= 0.6 is 0 Å². The second kappa shape index (κ2) is 16.3. The van der Waals surface area contributed by atoms with Gasteiger partial charge >= 0.3 is 21.7 Å². The van der Waals surface area contributed by atoms with E-state index in [1.54, 1.807) is 0 Å². The van der Waals surface area contributed by atoms with Crippen molar-refractivity contribution in [2.75, 3.05) is 0 Å². The fraction of sp³-hybridized carbons (Fsp3) is 0.381. The Kier molecular flexibility index (Phi) is 16.7. The van der Waals surface area contributed by atoms with Gasteiger partial charge in [-0.05, 0) is 64.2 Å². The molecule has 0 amide bonds. The molecule has 3 fully saturated rings. The van der Waals surface area contributed by atoms with Crippen molar-refractivity contribution in [3.05, 3.63) is 82.8 Å². The number of hydrogen-bond donors (Lipinski definition) is 0. The zero-order valence-corrected chi connectivity index (χ0v) is 15.4. The second-order valence-corrected chi connectivity index (χ2v) is 5.35. The van der Waals surface area contributed by atoms with E-state index in [1.807, 2.05) is 71.1 Å². The monoisotopic (exact) mass is 328 g/mol. The first-order chi connectivity index (χ1) is 10.3. The summed E-state index contributed by atoms with van der Waals surface area (Å²) < 4.78 is 0. The zero-order valence-electron chi connectivity index (χ0n) is 13.8. The van der Waals surface area contributed by atoms with Crippen LogP contribution in [-0.4, -0.2) is 0 Å². The number of allylic oxidation sites excluding steroid dienone is 2. The van der Waals surface area contributed by atoms with Gasteiger partial charge in [0.1, 0.15) is 0 Å². The van der Waals surface area contributed by atoms with Crippen molar-refractivity contribution in [3.63, 3.8) is 0 Å². The van der Waals surface area contributed by atoms with Crippen LogP contribution in [0.25, 0.3) is 0 Å². The third-order valence-corrected chi connectivity index (χ3v) is 3.67. The summed E-state index contributed by atoms with van der Waals surface area (Å²) in [5.74, 6) is 0.556. The Bertz CT molecular complexity index is 223. The molecule has 3 aliphatic rings. The molecule has 0 N–H and O–H groups in total. The van der Waals surface area contributed by atoms with Crippen molar-refractivity contribution < 1.29 is 21.7 Å². The Balaban J connectivity index is 0.000000334. The average molecular weight is 328 g/mol. The van der Waals surface area contributed by atoms with Gasteiger partial charge in [0.2, 0.25) is 0 Å². The van der Waals surface area contributed by atoms with Crippen LogP contribution in [0.3, 0.4) is 0 Å². The van der Waals surface area contributed by atoms with Gasteiger partial charge in [0.25, 0.3) is 0 Å². The molecule has 0 saturated heterocycles. The minimum Gasteiger partial charge on any atom is -0.503 e. The van der Waals surface area contributed by atoms with Crippen LogP contribution in [-0.2, 0) is 21.7 Å². The van der Waals surface area contributed by atoms with Crippen LogP contribution in [0.2, 0.25) is 0 Å². The topological polar surface area (TPSA) is 0 Å². The van der Waals surface area contributed by atoms with Gasteiger partial charge in [-0.3, -0.25) is 5.57 Å². The molecule has 3 rings (SSSR count). The predicted molar refractivity (Wildman–Crippen MR) is 92.0 cm³/mol. The number of hydrogen-bond acceptors (Lipinski definition) is 0. The van der Waals surface area contributed by atoms with Gasteiger partial charge in [0, 0.05) is 0 Å². The van der Waals surface area contributed by atoms with Gasteiger partial charge in [-0.1, -0.05) is 38.5 Å². The Hall–Kier alpha value is 0.454. The third kappa shape index (κ3) is 11.9. The van der Waals surface area contributed by atoms with E-state index in [1.165, 1.54) is 44.1 Å². The van der Waals surface area contributed by atoms with E-state index < -0.39 is 0 Å². The minimum absolute atomic E-state index is 0. The minimum atomic E-state index is 0. The molecule has 1 atom stereocenters. The molecule has 10 radical (unpaired) electrons. The zero-order chi connectivity index (χ0) is 15.2. The summed E-state index contributed by atoms with van der Waals surface area (Å²) in [4.78, 5) is 0. The fourth-order valence-corrected chi connectivity index (χ4v) is 2.41. The molecule has 22 heavy (non-hydrogen) atoms. The number of rotatable bonds is 0. The first kappa shape index (κ1) is 22.5. The van der Waals surface area contributed by atoms with E-state index >= 15 is 0 Å². The molecule has 0 bridgehead atoms. The first-order valence-corrected chi connectivity index (χ1v) is 8.04. The molecule has 0 aromatic rings. The molecule has 0 spiro atoms. The summed E-state index contributed by atoms with van der Waals surface area (Å²) in [6.45, 7) is 6.17. The quantitative estimate of drug-likeness (QED) is 0.402. The molecule has 0 aromatic carbocycles. The fourth-order valence-electron chi connectivity index (χ4n) is 2.41. The Morgan fingerprint density at radius 1 is 0.773 bits per heavy atom. The molecule has 0 heterocycles. The molecule has 0 aromatic heterocycles. The molecule has 3 saturated carbocycles. The molecule has 0 aliphatic heterocycles. The maximum absolute atomic E-state index is 4.15. The van der Waals surface area contributed by atoms with Crippen molar-refractivity contribution in [3.8, 4) is 0 Å². The van der Waals surface area contributed by atoms with E-state index in [4.69, 9.17) is 0 Å². The van der Waals surface area contributed by atoms with Gasteiger partial charge in [0.05, 0.1) is 0 Å². The van der Waals surface area contributed by atoms with Crippen LogP contribution in [0.1, 0.15) is 45.4 Å². The maximum atomic E-state index is 4.15. The molecule has 116 valence electrons. The third-order valence-electron chi connectivity index (χ3n) is 3.67. The van der Waals surface area contributed by atoms with E-state index in [2.05, 4.69) is 13.0 Å². The normalized spacial score (nSPS) is 26.6. The molecular weight excluding hydrogens is 300 g/mol. The summed E-state index contributed by atoms with van der Waals surface area (Å²) in [6.07, 6.45) is 31.3. The van der Waals surface area contributed by atoms with Gasteiger partial charge in [-0.2, -0.15) is 12.8 Å². The molecular formula is C21H28Ti. The summed E-state index contributed by atoms with van der Waals surface area (Å²) in [7, 11) is 0. The van der Waals surface area contributed by atoms with E-state index in [-0.39, 0.29) is 21.7 Å². The Morgan fingerprint density at radius 3 is 1.59 bits per heavy atom. The Morgan fingerprint density at radius 2 is 1.18 bits per heavy atom. The largest absolute Gasteiger partial charge is 2.00 e. The second-order valence-electron chi connectivity index (χ2n) is 5.35. The summed E-state index contributed by atoms with van der Waals surface area (Å²) in [5, 5.41) is 0. The van der Waals surface area contributed by atoms with Crippen LogP contribution < -0.4 is 0 Å². The van der Waals surface area contributed by atoms with E-state index in [9.17, 15) is 0 Å². The smallest absolute Gasteiger partial charge is 0.503 e. The first-order valence-electron chi connectivity index (χ1n) is 8.04. The summed E-state index contributed by atoms with van der Waals surface area (Å²) in [6, 6.07) is 0. The average Bonchev–Trinajstić information content (AvgIpc) is 3.21. The van der Waals surface area contributed by atoms with Gasteiger partial charge < -0.3 is 13.0 Å². The molecule has 0 nitrogen and oxygen atoms in total. The Labute approximate surface area is 155 Å². The van der Waals surface area contributed by atoms with Crippen LogP contribution in [0, 0.1) is 83.1 Å². The van der Waals surface area contributed by atoms with Gasteiger partial charge in [0.15, 0.2) is 0 Å². The predicted octanol–water partition coefficient (Wildman–Crippen LogP) is 5.58. The maximum Gasteiger partial charge on any atom is 2.00 e. The van der Waals surface area contributed by atoms with Crippen molar-refractivity contribution in [2.45, 2.75) is 45.4 Å². The van der Waals surface area contributed by atoms with Crippen LogP contribution in [0.15, 0.2) is 5.57 Å². The summed E-state index contributed by atoms with van der Waals surface area (Å²) >= 11 is 0. The SMILES string of the molecule is [CH2-]C1CCCCCCC1=[C-]C.[CH]1[CH][CH][CH][CH]1.[CH]1[CH][CH][CH][CH]1.[Ti+2]. The molecule has 3 aliphatic carbocycles. The van der Waals surface area contributed by atoms with Gasteiger partial charge in [-0.15, -0.1) is 0 Å². The van der Waals surface area contributed by atoms with Crippen molar-refractivity contribution in [1.29, 1.82) is 0 Å². The van der Waals surface area contributed by atoms with Gasteiger partial charge in [-0.25, -0.2) is 0 Å². The van der Waals surface area contributed by atoms with Crippen molar-refractivity contribution in [1.82, 2.24) is 0 Å². The van der Waals surface area contributed by atoms with E-state index in [0.717, 1.165) is 0 Å². The summed E-state index contributed by atoms with van der Waals surface area (Å²) in [5.41, 5.74) is 1.46. The van der Waals surface area contributed by atoms with Crippen molar-refractivity contribution >= 4 is 0 Å². The molecule has 1 heteroatoms. The van der Waals surface area contributed by atoms with Crippen LogP contribution in [0.4, 0.5) is 0 Å².